The number of benzene rings is 1. The zero-order valence-electron chi connectivity index (χ0n) is 19.4. The minimum absolute atomic E-state index is 0.131. The molecular weight excluding hydrogens is 424 g/mol. The molecule has 0 saturated carbocycles. The Bertz CT molecular complexity index is 1160. The summed E-state index contributed by atoms with van der Waals surface area (Å²) in [6.45, 7) is 5.69. The molecule has 33 heavy (non-hydrogen) atoms. The number of anilines is 1. The smallest absolute Gasteiger partial charge is 0.411 e. The number of carbonyl (C=O) groups excluding carboxylic acids is 1. The van der Waals surface area contributed by atoms with Crippen molar-refractivity contribution >= 4 is 11.8 Å². The molecule has 0 saturated heterocycles. The SMILES string of the molecule is CCOC(=O)Nc1cc(-c2ccc(=O)n(C(C)C)n2)c(-c2ccccc2)nc1C(OC)OC. The molecule has 3 rings (SSSR count). The number of hydrogen-bond donors (Lipinski definition) is 1. The van der Waals surface area contributed by atoms with Gasteiger partial charge in [0.25, 0.3) is 5.56 Å². The zero-order valence-corrected chi connectivity index (χ0v) is 19.4. The molecule has 2 aromatic heterocycles. The number of hydrogen-bond acceptors (Lipinski definition) is 7. The number of amides is 1. The number of rotatable bonds is 8. The summed E-state index contributed by atoms with van der Waals surface area (Å²) < 4.78 is 17.3. The van der Waals surface area contributed by atoms with Crippen molar-refractivity contribution in [2.45, 2.75) is 33.1 Å². The Morgan fingerprint density at radius 1 is 1.09 bits per heavy atom. The molecule has 0 bridgehead atoms. The lowest BCUT2D eigenvalue weighted by Crippen LogP contribution is -2.24. The summed E-state index contributed by atoms with van der Waals surface area (Å²) in [5.74, 6) is 0. The third-order valence-corrected chi connectivity index (χ3v) is 4.85. The third kappa shape index (κ3) is 5.44. The molecule has 0 atom stereocenters. The largest absolute Gasteiger partial charge is 0.450 e. The van der Waals surface area contributed by atoms with Crippen molar-refractivity contribution in [3.05, 3.63) is 64.6 Å². The van der Waals surface area contributed by atoms with Crippen molar-refractivity contribution in [1.82, 2.24) is 14.8 Å². The van der Waals surface area contributed by atoms with Gasteiger partial charge in [-0.05, 0) is 32.9 Å². The van der Waals surface area contributed by atoms with E-state index in [9.17, 15) is 9.59 Å². The highest BCUT2D eigenvalue weighted by molar-refractivity contribution is 5.89. The van der Waals surface area contributed by atoms with E-state index in [1.807, 2.05) is 44.2 Å². The number of nitrogens with zero attached hydrogens (tertiary/aromatic N) is 3. The van der Waals surface area contributed by atoms with Gasteiger partial charge in [0, 0.05) is 31.4 Å². The van der Waals surface area contributed by atoms with E-state index in [4.69, 9.17) is 19.2 Å². The quantitative estimate of drug-likeness (QED) is 0.505. The van der Waals surface area contributed by atoms with Crippen molar-refractivity contribution in [2.75, 3.05) is 26.1 Å². The molecule has 3 aromatic rings. The summed E-state index contributed by atoms with van der Waals surface area (Å²) in [5, 5.41) is 7.28. The van der Waals surface area contributed by atoms with Gasteiger partial charge in [-0.15, -0.1) is 0 Å². The normalized spacial score (nSPS) is 11.1. The number of ether oxygens (including phenoxy) is 3. The van der Waals surface area contributed by atoms with Gasteiger partial charge in [0.05, 0.1) is 29.7 Å². The predicted octanol–water partition coefficient (Wildman–Crippen LogP) is 4.41. The van der Waals surface area contributed by atoms with Crippen LogP contribution in [0.15, 0.2) is 53.3 Å². The molecule has 1 aromatic carbocycles. The Hall–Kier alpha value is -3.56. The Kier molecular flexibility index (Phi) is 7.92. The molecule has 0 aliphatic rings. The topological polar surface area (TPSA) is 105 Å². The van der Waals surface area contributed by atoms with Crippen molar-refractivity contribution in [1.29, 1.82) is 0 Å². The molecule has 0 spiro atoms. The Labute approximate surface area is 192 Å². The van der Waals surface area contributed by atoms with E-state index in [1.54, 1.807) is 19.1 Å². The van der Waals surface area contributed by atoms with Gasteiger partial charge in [-0.3, -0.25) is 10.1 Å². The minimum atomic E-state index is -0.837. The first-order valence-electron chi connectivity index (χ1n) is 10.6. The van der Waals surface area contributed by atoms with Gasteiger partial charge < -0.3 is 14.2 Å². The van der Waals surface area contributed by atoms with Crippen LogP contribution in [0.25, 0.3) is 22.5 Å². The maximum absolute atomic E-state index is 12.3. The summed E-state index contributed by atoms with van der Waals surface area (Å²) in [4.78, 5) is 29.4. The maximum atomic E-state index is 12.3. The van der Waals surface area contributed by atoms with E-state index in [0.717, 1.165) is 5.56 Å². The van der Waals surface area contributed by atoms with Crippen LogP contribution in [0.2, 0.25) is 0 Å². The summed E-state index contributed by atoms with van der Waals surface area (Å²) in [5.41, 5.74) is 3.08. The Morgan fingerprint density at radius 3 is 2.39 bits per heavy atom. The van der Waals surface area contributed by atoms with E-state index < -0.39 is 12.4 Å². The fourth-order valence-electron chi connectivity index (χ4n) is 3.35. The standard InChI is InChI=1S/C24H28N4O5/c1-6-33-24(30)25-19-14-17(18-12-13-20(29)28(27-18)15(2)3)21(16-10-8-7-9-11-16)26-22(19)23(31-4)32-5/h7-15,23H,6H2,1-5H3,(H,25,30). The monoisotopic (exact) mass is 452 g/mol. The number of pyridine rings is 1. The summed E-state index contributed by atoms with van der Waals surface area (Å²) in [6, 6.07) is 14.3. The van der Waals surface area contributed by atoms with Crippen LogP contribution in [0.1, 0.15) is 38.8 Å². The summed E-state index contributed by atoms with van der Waals surface area (Å²) >= 11 is 0. The van der Waals surface area contributed by atoms with Crippen LogP contribution in [0, 0.1) is 0 Å². The van der Waals surface area contributed by atoms with E-state index >= 15 is 0 Å². The van der Waals surface area contributed by atoms with Crippen LogP contribution in [0.5, 0.6) is 0 Å². The summed E-state index contributed by atoms with van der Waals surface area (Å²) in [6.07, 6.45) is -1.47. The van der Waals surface area contributed by atoms with Crippen LogP contribution in [0.3, 0.4) is 0 Å². The lowest BCUT2D eigenvalue weighted by atomic mass is 10.0. The molecule has 0 fully saturated rings. The average molecular weight is 453 g/mol. The van der Waals surface area contributed by atoms with Gasteiger partial charge in [-0.2, -0.15) is 5.10 Å². The fraction of sp³-hybridized carbons (Fsp3) is 0.333. The third-order valence-electron chi connectivity index (χ3n) is 4.85. The molecule has 9 nitrogen and oxygen atoms in total. The first kappa shape index (κ1) is 24.1. The second kappa shape index (κ2) is 10.8. The Balaban J connectivity index is 2.31. The van der Waals surface area contributed by atoms with E-state index in [-0.39, 0.29) is 18.2 Å². The second-order valence-corrected chi connectivity index (χ2v) is 7.43. The first-order valence-corrected chi connectivity index (χ1v) is 10.6. The number of methoxy groups -OCH3 is 2. The van der Waals surface area contributed by atoms with E-state index in [0.29, 0.717) is 28.3 Å². The van der Waals surface area contributed by atoms with Crippen LogP contribution < -0.4 is 10.9 Å². The molecule has 0 aliphatic carbocycles. The average Bonchev–Trinajstić information content (AvgIpc) is 2.81. The lowest BCUT2D eigenvalue weighted by Gasteiger charge is -2.21. The highest BCUT2D eigenvalue weighted by Crippen LogP contribution is 2.36. The van der Waals surface area contributed by atoms with Crippen molar-refractivity contribution in [2.24, 2.45) is 0 Å². The number of aromatic nitrogens is 3. The molecule has 1 N–H and O–H groups in total. The fourth-order valence-corrected chi connectivity index (χ4v) is 3.35. The zero-order chi connectivity index (χ0) is 24.0. The molecular formula is C24H28N4O5. The van der Waals surface area contributed by atoms with E-state index in [2.05, 4.69) is 10.4 Å². The van der Waals surface area contributed by atoms with Crippen LogP contribution in [0.4, 0.5) is 10.5 Å². The van der Waals surface area contributed by atoms with Gasteiger partial charge in [0.2, 0.25) is 6.29 Å². The number of nitrogens with one attached hydrogen (secondary N) is 1. The number of carbonyl (C=O) groups is 1. The van der Waals surface area contributed by atoms with Gasteiger partial charge >= 0.3 is 6.09 Å². The van der Waals surface area contributed by atoms with Gasteiger partial charge in [-0.1, -0.05) is 30.3 Å². The lowest BCUT2D eigenvalue weighted by molar-refractivity contribution is -0.108. The molecule has 1 amide bonds. The molecule has 0 aliphatic heterocycles. The van der Waals surface area contributed by atoms with Crippen LogP contribution in [-0.4, -0.2) is 41.7 Å². The van der Waals surface area contributed by atoms with Gasteiger partial charge in [0.15, 0.2) is 0 Å². The highest BCUT2D eigenvalue weighted by Gasteiger charge is 2.23. The van der Waals surface area contributed by atoms with Crippen molar-refractivity contribution in [3.63, 3.8) is 0 Å². The predicted molar refractivity (Wildman–Crippen MR) is 125 cm³/mol. The van der Waals surface area contributed by atoms with Crippen molar-refractivity contribution in [3.8, 4) is 22.5 Å². The maximum Gasteiger partial charge on any atom is 0.411 e. The van der Waals surface area contributed by atoms with Gasteiger partial charge in [-0.25, -0.2) is 14.5 Å². The highest BCUT2D eigenvalue weighted by atomic mass is 16.7. The van der Waals surface area contributed by atoms with Crippen molar-refractivity contribution < 1.29 is 19.0 Å². The van der Waals surface area contributed by atoms with Crippen LogP contribution >= 0.6 is 0 Å². The molecule has 0 unspecified atom stereocenters. The molecule has 2 heterocycles. The minimum Gasteiger partial charge on any atom is -0.450 e. The molecule has 9 heteroatoms. The summed E-state index contributed by atoms with van der Waals surface area (Å²) in [7, 11) is 2.97. The molecule has 0 radical (unpaired) electrons. The second-order valence-electron chi connectivity index (χ2n) is 7.43. The Morgan fingerprint density at radius 2 is 1.79 bits per heavy atom. The first-order chi connectivity index (χ1) is 15.9. The van der Waals surface area contributed by atoms with E-state index in [1.165, 1.54) is 25.0 Å². The molecule has 174 valence electrons. The van der Waals surface area contributed by atoms with Crippen LogP contribution in [-0.2, 0) is 14.2 Å². The van der Waals surface area contributed by atoms with Gasteiger partial charge in [0.1, 0.15) is 5.69 Å².